The summed E-state index contributed by atoms with van der Waals surface area (Å²) in [6.45, 7) is 6.83. The molecule has 9 nitrogen and oxygen atoms in total. The van der Waals surface area contributed by atoms with E-state index in [0.717, 1.165) is 5.56 Å². The van der Waals surface area contributed by atoms with Crippen molar-refractivity contribution in [3.05, 3.63) is 29.8 Å². The van der Waals surface area contributed by atoms with E-state index in [0.29, 0.717) is 5.69 Å². The molecular weight excluding hydrogens is 404 g/mol. The molecule has 0 aromatic heterocycles. The molecule has 2 aliphatic rings. The van der Waals surface area contributed by atoms with Crippen LogP contribution in [-0.4, -0.2) is 67.3 Å². The number of anilines is 1. The van der Waals surface area contributed by atoms with Gasteiger partial charge in [0.2, 0.25) is 0 Å². The Labute approximate surface area is 181 Å². The Hall–Kier alpha value is -3.10. The van der Waals surface area contributed by atoms with E-state index in [1.54, 1.807) is 32.9 Å². The van der Waals surface area contributed by atoms with Crippen LogP contribution < -0.4 is 4.90 Å². The maximum Gasteiger partial charge on any atom is 0.410 e. The fraction of sp³-hybridized carbons (Fsp3) is 0.545. The van der Waals surface area contributed by atoms with E-state index in [2.05, 4.69) is 0 Å². The highest BCUT2D eigenvalue weighted by atomic mass is 16.6. The quantitative estimate of drug-likeness (QED) is 0.501. The van der Waals surface area contributed by atoms with Gasteiger partial charge in [0, 0.05) is 25.1 Å². The molecule has 1 saturated heterocycles. The maximum atomic E-state index is 13.8. The summed E-state index contributed by atoms with van der Waals surface area (Å²) in [6.07, 6.45) is -0.658. The lowest BCUT2D eigenvalue weighted by Crippen LogP contribution is -2.62. The molecule has 9 heteroatoms. The number of esters is 2. The minimum absolute atomic E-state index is 0.0106. The Morgan fingerprint density at radius 3 is 2.42 bits per heavy atom. The van der Waals surface area contributed by atoms with Gasteiger partial charge >= 0.3 is 18.0 Å². The van der Waals surface area contributed by atoms with Crippen molar-refractivity contribution in [3.63, 3.8) is 0 Å². The minimum atomic E-state index is -1.35. The van der Waals surface area contributed by atoms with E-state index < -0.39 is 35.4 Å². The van der Waals surface area contributed by atoms with Gasteiger partial charge in [-0.05, 0) is 32.4 Å². The zero-order valence-electron chi connectivity index (χ0n) is 18.3. The Kier molecular flexibility index (Phi) is 6.52. The van der Waals surface area contributed by atoms with Gasteiger partial charge in [0.05, 0.1) is 25.7 Å². The van der Waals surface area contributed by atoms with Crippen LogP contribution in [0.4, 0.5) is 10.5 Å². The molecule has 0 spiro atoms. The van der Waals surface area contributed by atoms with E-state index in [-0.39, 0.29) is 38.8 Å². The summed E-state index contributed by atoms with van der Waals surface area (Å²) >= 11 is 0. The summed E-state index contributed by atoms with van der Waals surface area (Å²) in [5, 5.41) is 0. The number of carbonyl (C=O) groups is 4. The van der Waals surface area contributed by atoms with Crippen LogP contribution in [0.3, 0.4) is 0 Å². The number of benzene rings is 1. The molecule has 1 aromatic carbocycles. The van der Waals surface area contributed by atoms with Gasteiger partial charge in [-0.2, -0.15) is 0 Å². The molecule has 2 heterocycles. The maximum absolute atomic E-state index is 13.8. The number of likely N-dealkylation sites (tertiary alicyclic amines) is 1. The normalized spacial score (nSPS) is 24.3. The molecule has 0 N–H and O–H groups in total. The van der Waals surface area contributed by atoms with E-state index >= 15 is 0 Å². The monoisotopic (exact) mass is 432 g/mol. The number of para-hydroxylation sites is 1. The first kappa shape index (κ1) is 22.6. The van der Waals surface area contributed by atoms with Crippen LogP contribution in [0.1, 0.15) is 39.2 Å². The third-order valence-corrected chi connectivity index (χ3v) is 5.89. The van der Waals surface area contributed by atoms with Gasteiger partial charge in [-0.1, -0.05) is 18.2 Å². The van der Waals surface area contributed by atoms with Crippen LogP contribution in [0.15, 0.2) is 24.3 Å². The van der Waals surface area contributed by atoms with E-state index in [4.69, 9.17) is 14.2 Å². The lowest BCUT2D eigenvalue weighted by atomic mass is 9.72. The fourth-order valence-electron chi connectivity index (χ4n) is 4.63. The molecule has 0 saturated carbocycles. The van der Waals surface area contributed by atoms with Crippen LogP contribution in [-0.2, 0) is 28.6 Å². The van der Waals surface area contributed by atoms with Gasteiger partial charge in [-0.15, -0.1) is 0 Å². The van der Waals surface area contributed by atoms with Crippen molar-refractivity contribution in [1.29, 1.82) is 0 Å². The lowest BCUT2D eigenvalue weighted by molar-refractivity contribution is -0.148. The Morgan fingerprint density at radius 1 is 1.10 bits per heavy atom. The van der Waals surface area contributed by atoms with Crippen molar-refractivity contribution >= 4 is 29.6 Å². The van der Waals surface area contributed by atoms with Crippen molar-refractivity contribution in [2.75, 3.05) is 37.8 Å². The van der Waals surface area contributed by atoms with Crippen LogP contribution in [0, 0.1) is 5.92 Å². The average molecular weight is 432 g/mol. The zero-order chi connectivity index (χ0) is 22.8. The molecule has 1 fully saturated rings. The molecular formula is C22H28N2O7. The fourth-order valence-corrected chi connectivity index (χ4v) is 4.63. The number of fused-ring (bicyclic) bond motifs is 3. The van der Waals surface area contributed by atoms with Gasteiger partial charge in [-0.25, -0.2) is 4.79 Å². The van der Waals surface area contributed by atoms with Crippen LogP contribution in [0.5, 0.6) is 0 Å². The highest BCUT2D eigenvalue weighted by Gasteiger charge is 2.64. The highest BCUT2D eigenvalue weighted by Crippen LogP contribution is 2.53. The molecule has 2 amide bonds. The predicted octanol–water partition coefficient (Wildman–Crippen LogP) is 2.09. The summed E-state index contributed by atoms with van der Waals surface area (Å²) < 4.78 is 15.5. The van der Waals surface area contributed by atoms with Gasteiger partial charge in [-0.3, -0.25) is 19.3 Å². The first-order chi connectivity index (χ1) is 14.8. The first-order valence-electron chi connectivity index (χ1n) is 10.4. The number of hydrogen-bond donors (Lipinski definition) is 0. The third-order valence-electron chi connectivity index (χ3n) is 5.89. The third kappa shape index (κ3) is 3.84. The predicted molar refractivity (Wildman–Crippen MR) is 110 cm³/mol. The Balaban J connectivity index is 2.10. The van der Waals surface area contributed by atoms with E-state index in [1.165, 1.54) is 16.7 Å². The molecule has 168 valence electrons. The molecule has 0 radical (unpaired) electrons. The van der Waals surface area contributed by atoms with Crippen molar-refractivity contribution in [3.8, 4) is 0 Å². The van der Waals surface area contributed by atoms with Crippen molar-refractivity contribution in [1.82, 2.24) is 4.90 Å². The molecule has 3 rings (SSSR count). The highest BCUT2D eigenvalue weighted by molar-refractivity contribution is 6.07. The standard InChI is InChI=1S/C22H28N2O7/c1-5-29-19(26)16-13-24(21(28)30-6-2)22(4)18(16)15-9-7-8-10-17(15)23(20(22)27)11-12-31-14(3)25/h7-10,16,18H,5-6,11-13H2,1-4H3/t16-,18+,22-/m0/s1. The summed E-state index contributed by atoms with van der Waals surface area (Å²) in [4.78, 5) is 53.5. The first-order valence-corrected chi connectivity index (χ1v) is 10.4. The summed E-state index contributed by atoms with van der Waals surface area (Å²) in [5.41, 5.74) is 0.0354. The van der Waals surface area contributed by atoms with Crippen molar-refractivity contribution < 1.29 is 33.4 Å². The summed E-state index contributed by atoms with van der Waals surface area (Å²) in [6, 6.07) is 7.26. The van der Waals surface area contributed by atoms with Crippen LogP contribution in [0.25, 0.3) is 0 Å². The molecule has 0 bridgehead atoms. The second-order valence-electron chi connectivity index (χ2n) is 7.65. The number of nitrogens with zero attached hydrogens (tertiary/aromatic N) is 2. The number of carbonyl (C=O) groups excluding carboxylic acids is 4. The minimum Gasteiger partial charge on any atom is -0.466 e. The van der Waals surface area contributed by atoms with Gasteiger partial charge in [0.1, 0.15) is 12.1 Å². The Morgan fingerprint density at radius 2 is 1.77 bits per heavy atom. The largest absolute Gasteiger partial charge is 0.466 e. The smallest absolute Gasteiger partial charge is 0.410 e. The van der Waals surface area contributed by atoms with Crippen molar-refractivity contribution in [2.45, 2.75) is 39.2 Å². The van der Waals surface area contributed by atoms with Crippen molar-refractivity contribution in [2.24, 2.45) is 5.92 Å². The second kappa shape index (κ2) is 8.95. The van der Waals surface area contributed by atoms with Gasteiger partial charge < -0.3 is 19.1 Å². The van der Waals surface area contributed by atoms with Gasteiger partial charge in [0.15, 0.2) is 0 Å². The number of amides is 2. The zero-order valence-corrected chi connectivity index (χ0v) is 18.3. The molecule has 0 unspecified atom stereocenters. The molecule has 1 aromatic rings. The van der Waals surface area contributed by atoms with E-state index in [9.17, 15) is 19.2 Å². The molecule has 31 heavy (non-hydrogen) atoms. The van der Waals surface area contributed by atoms with Gasteiger partial charge in [0.25, 0.3) is 5.91 Å². The van der Waals surface area contributed by atoms with Crippen LogP contribution in [0.2, 0.25) is 0 Å². The Bertz CT molecular complexity index is 886. The second-order valence-corrected chi connectivity index (χ2v) is 7.65. The van der Waals surface area contributed by atoms with Crippen LogP contribution >= 0.6 is 0 Å². The summed E-state index contributed by atoms with van der Waals surface area (Å²) in [5.74, 6) is -2.57. The molecule has 2 aliphatic heterocycles. The molecule has 3 atom stereocenters. The number of hydrogen-bond acceptors (Lipinski definition) is 7. The topological polar surface area (TPSA) is 102 Å². The molecule has 0 aliphatic carbocycles. The van der Waals surface area contributed by atoms with E-state index in [1.807, 2.05) is 12.1 Å². The SMILES string of the molecule is CCOC(=O)[C@H]1CN(C(=O)OCC)[C@]2(C)C(=O)N(CCOC(C)=O)c3ccccc3[C@H]12. The number of ether oxygens (including phenoxy) is 3. The lowest BCUT2D eigenvalue weighted by Gasteiger charge is -2.46. The number of rotatable bonds is 6. The average Bonchev–Trinajstić information content (AvgIpc) is 3.05. The summed E-state index contributed by atoms with van der Waals surface area (Å²) in [7, 11) is 0.